The van der Waals surface area contributed by atoms with Crippen LogP contribution in [0.5, 0.6) is 0 Å². The molecule has 4 atom stereocenters. The number of carbonyl (C=O) groups is 2. The summed E-state index contributed by atoms with van der Waals surface area (Å²) in [5.74, 6) is 0.489. The lowest BCUT2D eigenvalue weighted by Gasteiger charge is -2.40. The monoisotopic (exact) mass is 441 g/mol. The van der Waals surface area contributed by atoms with E-state index in [1.54, 1.807) is 4.90 Å². The minimum absolute atomic E-state index is 0.0649. The van der Waals surface area contributed by atoms with Gasteiger partial charge in [0.15, 0.2) is 0 Å². The minimum atomic E-state index is -0.104. The molecule has 170 valence electrons. The molecule has 5 nitrogen and oxygen atoms in total. The van der Waals surface area contributed by atoms with E-state index in [1.807, 2.05) is 0 Å². The predicted octanol–water partition coefficient (Wildman–Crippen LogP) is 3.55. The number of likely N-dealkylation sites (tertiary alicyclic amines) is 1. The van der Waals surface area contributed by atoms with Gasteiger partial charge in [0.1, 0.15) is 0 Å². The minimum Gasteiger partial charge on any atom is -0.290 e. The summed E-state index contributed by atoms with van der Waals surface area (Å²) in [7, 11) is 0. The van der Waals surface area contributed by atoms with Crippen molar-refractivity contribution < 1.29 is 9.59 Å². The highest BCUT2D eigenvalue weighted by atomic mass is 16.2. The molecule has 0 unspecified atom stereocenters. The van der Waals surface area contributed by atoms with Crippen molar-refractivity contribution in [3.63, 3.8) is 0 Å². The molecule has 0 aromatic heterocycles. The van der Waals surface area contributed by atoms with E-state index < -0.39 is 0 Å². The maximum absolute atomic E-state index is 13.2. The van der Waals surface area contributed by atoms with Gasteiger partial charge < -0.3 is 0 Å². The van der Waals surface area contributed by atoms with Crippen LogP contribution in [-0.2, 0) is 9.59 Å². The van der Waals surface area contributed by atoms with Crippen LogP contribution in [0.2, 0.25) is 0 Å². The number of nitrogens with zero attached hydrogens (tertiary/aromatic N) is 3. The van der Waals surface area contributed by atoms with E-state index in [1.165, 1.54) is 16.7 Å². The first-order valence-electron chi connectivity index (χ1n) is 12.2. The van der Waals surface area contributed by atoms with E-state index >= 15 is 0 Å². The zero-order chi connectivity index (χ0) is 22.5. The molecule has 2 aromatic rings. The number of allylic oxidation sites excluding steroid dienone is 2. The van der Waals surface area contributed by atoms with E-state index in [0.29, 0.717) is 6.67 Å². The quantitative estimate of drug-likeness (QED) is 0.526. The van der Waals surface area contributed by atoms with Gasteiger partial charge in [0.25, 0.3) is 0 Å². The van der Waals surface area contributed by atoms with Gasteiger partial charge in [0.2, 0.25) is 11.8 Å². The maximum atomic E-state index is 13.2. The molecule has 2 amide bonds. The van der Waals surface area contributed by atoms with Gasteiger partial charge in [-0.25, -0.2) is 0 Å². The lowest BCUT2D eigenvalue weighted by atomic mass is 9.82. The highest BCUT2D eigenvalue weighted by molar-refractivity contribution is 6.06. The number of piperazine rings is 1. The number of carbonyl (C=O) groups excluding carboxylic acids is 2. The molecule has 5 heteroatoms. The Labute approximate surface area is 195 Å². The van der Waals surface area contributed by atoms with Crippen LogP contribution >= 0.6 is 0 Å². The maximum Gasteiger partial charge on any atom is 0.234 e. The van der Waals surface area contributed by atoms with Crippen LogP contribution in [0, 0.1) is 23.7 Å². The lowest BCUT2D eigenvalue weighted by Crippen LogP contribution is -2.52. The average Bonchev–Trinajstić information content (AvgIpc) is 3.48. The summed E-state index contributed by atoms with van der Waals surface area (Å²) >= 11 is 0. The number of rotatable bonds is 5. The molecule has 2 aliphatic carbocycles. The molecule has 1 saturated carbocycles. The first kappa shape index (κ1) is 20.8. The molecular weight excluding hydrogens is 410 g/mol. The van der Waals surface area contributed by atoms with Crippen molar-refractivity contribution in [3.8, 4) is 0 Å². The van der Waals surface area contributed by atoms with Crippen LogP contribution in [0.4, 0.5) is 0 Å². The van der Waals surface area contributed by atoms with Crippen molar-refractivity contribution in [2.45, 2.75) is 19.4 Å². The van der Waals surface area contributed by atoms with Crippen LogP contribution in [0.3, 0.4) is 0 Å². The second-order valence-electron chi connectivity index (χ2n) is 10.1. The Bertz CT molecular complexity index is 1040. The summed E-state index contributed by atoms with van der Waals surface area (Å²) in [5.41, 5.74) is 3.91. The fraction of sp³-hybridized carbons (Fsp3) is 0.429. The number of imide groups is 1. The van der Waals surface area contributed by atoms with Crippen molar-refractivity contribution in [1.82, 2.24) is 14.7 Å². The molecule has 0 spiro atoms. The van der Waals surface area contributed by atoms with Crippen molar-refractivity contribution in [2.24, 2.45) is 23.7 Å². The normalized spacial score (nSPS) is 29.8. The Morgan fingerprint density at radius 3 is 2.00 bits per heavy atom. The SMILES string of the molecule is CC1=C[C@H]2C[C@H]1[C@@H]1C(=O)N(CN3CCN(C(c4ccccc4)c4ccccc4)CC3)C(=O)[C@@H]12. The number of fused-ring (bicyclic) bond motifs is 5. The summed E-state index contributed by atoms with van der Waals surface area (Å²) < 4.78 is 0. The highest BCUT2D eigenvalue weighted by Gasteiger charge is 2.60. The van der Waals surface area contributed by atoms with Crippen LogP contribution in [0.1, 0.15) is 30.5 Å². The third kappa shape index (κ3) is 3.46. The molecule has 2 bridgehead atoms. The van der Waals surface area contributed by atoms with Gasteiger partial charge in [-0.15, -0.1) is 0 Å². The van der Waals surface area contributed by atoms with Gasteiger partial charge in [0.05, 0.1) is 24.5 Å². The molecule has 4 aliphatic rings. The lowest BCUT2D eigenvalue weighted by molar-refractivity contribution is -0.143. The third-order valence-corrected chi connectivity index (χ3v) is 8.32. The molecule has 0 radical (unpaired) electrons. The van der Waals surface area contributed by atoms with Gasteiger partial charge in [-0.3, -0.25) is 24.3 Å². The summed E-state index contributed by atoms with van der Waals surface area (Å²) in [5, 5.41) is 0. The number of hydrogen-bond acceptors (Lipinski definition) is 4. The van der Waals surface area contributed by atoms with Crippen LogP contribution in [0.25, 0.3) is 0 Å². The van der Waals surface area contributed by atoms with Crippen LogP contribution in [-0.4, -0.2) is 59.4 Å². The molecule has 2 heterocycles. The standard InChI is InChI=1S/C28H31N3O2/c1-19-16-22-17-23(19)25-24(22)27(32)31(28(25)33)18-29-12-14-30(15-13-29)26(20-8-4-2-5-9-20)21-10-6-3-7-11-21/h2-11,16,22-26H,12-15,17-18H2,1H3/t22-,23+,24+,25-/m0/s1. The first-order valence-corrected chi connectivity index (χ1v) is 12.2. The Balaban J connectivity index is 1.14. The Hall–Kier alpha value is -2.76. The Morgan fingerprint density at radius 1 is 0.818 bits per heavy atom. The van der Waals surface area contributed by atoms with Crippen molar-refractivity contribution >= 4 is 11.8 Å². The second kappa shape index (κ2) is 8.23. The molecule has 2 saturated heterocycles. The molecule has 33 heavy (non-hydrogen) atoms. The highest BCUT2D eigenvalue weighted by Crippen LogP contribution is 2.55. The van der Waals surface area contributed by atoms with Crippen molar-refractivity contribution in [1.29, 1.82) is 0 Å². The molecule has 3 fully saturated rings. The second-order valence-corrected chi connectivity index (χ2v) is 10.1. The molecular formula is C28H31N3O2. The van der Waals surface area contributed by atoms with Crippen molar-refractivity contribution in [2.75, 3.05) is 32.8 Å². The van der Waals surface area contributed by atoms with Gasteiger partial charge in [-0.1, -0.05) is 72.3 Å². The van der Waals surface area contributed by atoms with E-state index in [9.17, 15) is 9.59 Å². The summed E-state index contributed by atoms with van der Waals surface area (Å²) in [6.07, 6.45) is 3.23. The first-order chi connectivity index (χ1) is 16.1. The molecule has 2 aromatic carbocycles. The summed E-state index contributed by atoms with van der Waals surface area (Å²) in [4.78, 5) is 32.7. The third-order valence-electron chi connectivity index (χ3n) is 8.32. The van der Waals surface area contributed by atoms with E-state index in [0.717, 1.165) is 32.6 Å². The van der Waals surface area contributed by atoms with Gasteiger partial charge in [-0.2, -0.15) is 0 Å². The summed E-state index contributed by atoms with van der Waals surface area (Å²) in [6, 6.07) is 21.6. The average molecular weight is 442 g/mol. The van der Waals surface area contributed by atoms with Crippen molar-refractivity contribution in [3.05, 3.63) is 83.4 Å². The smallest absolute Gasteiger partial charge is 0.234 e. The predicted molar refractivity (Wildman–Crippen MR) is 127 cm³/mol. The topological polar surface area (TPSA) is 43.9 Å². The number of amides is 2. The summed E-state index contributed by atoms with van der Waals surface area (Å²) in [6.45, 7) is 6.08. The van der Waals surface area contributed by atoms with Gasteiger partial charge in [-0.05, 0) is 36.3 Å². The zero-order valence-corrected chi connectivity index (χ0v) is 19.1. The molecule has 0 N–H and O–H groups in total. The Morgan fingerprint density at radius 2 is 1.39 bits per heavy atom. The largest absolute Gasteiger partial charge is 0.290 e. The number of benzene rings is 2. The fourth-order valence-corrected chi connectivity index (χ4v) is 6.72. The van der Waals surface area contributed by atoms with Crippen LogP contribution in [0.15, 0.2) is 72.3 Å². The van der Waals surface area contributed by atoms with Gasteiger partial charge in [0, 0.05) is 26.2 Å². The zero-order valence-electron chi connectivity index (χ0n) is 19.1. The van der Waals surface area contributed by atoms with E-state index in [-0.39, 0.29) is 41.5 Å². The van der Waals surface area contributed by atoms with Gasteiger partial charge >= 0.3 is 0 Å². The fourth-order valence-electron chi connectivity index (χ4n) is 6.72. The number of hydrogen-bond donors (Lipinski definition) is 0. The molecule has 2 aliphatic heterocycles. The van der Waals surface area contributed by atoms with E-state index in [4.69, 9.17) is 0 Å². The van der Waals surface area contributed by atoms with Crippen LogP contribution < -0.4 is 0 Å². The molecule has 6 rings (SSSR count). The Kier molecular flexibility index (Phi) is 5.19. The van der Waals surface area contributed by atoms with E-state index in [2.05, 4.69) is 83.5 Å².